The SMILES string of the molecule is Cc1cc2ccc3ccc(C)c4ccc(c1)c2c34. The Labute approximate surface area is 106 Å². The Hall–Kier alpha value is -2.08. The summed E-state index contributed by atoms with van der Waals surface area (Å²) in [6.07, 6.45) is 0. The van der Waals surface area contributed by atoms with Crippen LogP contribution in [0, 0.1) is 13.8 Å². The first-order valence-corrected chi connectivity index (χ1v) is 6.39. The topological polar surface area (TPSA) is 0 Å². The minimum absolute atomic E-state index is 1.33. The molecular formula is C18H14. The molecule has 86 valence electrons. The lowest BCUT2D eigenvalue weighted by Gasteiger charge is -2.12. The highest BCUT2D eigenvalue weighted by Crippen LogP contribution is 2.36. The van der Waals surface area contributed by atoms with E-state index in [2.05, 4.69) is 62.4 Å². The van der Waals surface area contributed by atoms with E-state index in [0.29, 0.717) is 0 Å². The van der Waals surface area contributed by atoms with E-state index < -0.39 is 0 Å². The van der Waals surface area contributed by atoms with Crippen LogP contribution in [0.4, 0.5) is 0 Å². The molecular weight excluding hydrogens is 216 g/mol. The van der Waals surface area contributed by atoms with Crippen LogP contribution in [0.3, 0.4) is 0 Å². The zero-order valence-electron chi connectivity index (χ0n) is 10.6. The lowest BCUT2D eigenvalue weighted by atomic mass is 9.91. The van der Waals surface area contributed by atoms with Crippen molar-refractivity contribution in [1.29, 1.82) is 0 Å². The number of hydrogen-bond acceptors (Lipinski definition) is 0. The van der Waals surface area contributed by atoms with Gasteiger partial charge in [-0.05, 0) is 57.3 Å². The molecule has 0 unspecified atom stereocenters. The molecule has 0 heteroatoms. The summed E-state index contributed by atoms with van der Waals surface area (Å²) in [5.74, 6) is 0. The third kappa shape index (κ3) is 1.15. The van der Waals surface area contributed by atoms with Crippen LogP contribution >= 0.6 is 0 Å². The summed E-state index contributed by atoms with van der Waals surface area (Å²) < 4.78 is 0. The van der Waals surface area contributed by atoms with Crippen LogP contribution in [-0.2, 0) is 0 Å². The molecule has 0 nitrogen and oxygen atoms in total. The molecule has 0 aliphatic carbocycles. The molecule has 0 fully saturated rings. The van der Waals surface area contributed by atoms with Gasteiger partial charge < -0.3 is 0 Å². The molecule has 0 saturated carbocycles. The second kappa shape index (κ2) is 3.23. The predicted molar refractivity (Wildman–Crippen MR) is 79.6 cm³/mol. The normalized spacial score (nSPS) is 11.9. The first-order chi connectivity index (χ1) is 8.74. The Balaban J connectivity index is 2.44. The van der Waals surface area contributed by atoms with Gasteiger partial charge in [0.05, 0.1) is 0 Å². The number of hydrogen-bond donors (Lipinski definition) is 0. The van der Waals surface area contributed by atoms with Gasteiger partial charge in [0.25, 0.3) is 0 Å². The van der Waals surface area contributed by atoms with E-state index in [0.717, 1.165) is 0 Å². The van der Waals surface area contributed by atoms with Crippen LogP contribution in [0.2, 0.25) is 0 Å². The molecule has 0 spiro atoms. The quantitative estimate of drug-likeness (QED) is 0.364. The summed E-state index contributed by atoms with van der Waals surface area (Å²) in [6, 6.07) is 18.0. The summed E-state index contributed by atoms with van der Waals surface area (Å²) in [4.78, 5) is 0. The molecule has 0 N–H and O–H groups in total. The molecule has 0 bridgehead atoms. The van der Waals surface area contributed by atoms with Gasteiger partial charge in [0.1, 0.15) is 0 Å². The predicted octanol–water partition coefficient (Wildman–Crippen LogP) is 5.20. The Kier molecular flexibility index (Phi) is 1.78. The second-order valence-electron chi connectivity index (χ2n) is 5.25. The summed E-state index contributed by atoms with van der Waals surface area (Å²) in [6.45, 7) is 4.36. The molecule has 0 atom stereocenters. The zero-order valence-corrected chi connectivity index (χ0v) is 10.6. The van der Waals surface area contributed by atoms with Crippen LogP contribution < -0.4 is 0 Å². The van der Waals surface area contributed by atoms with E-state index in [-0.39, 0.29) is 0 Å². The van der Waals surface area contributed by atoms with Crippen LogP contribution in [0.5, 0.6) is 0 Å². The lowest BCUT2D eigenvalue weighted by Crippen LogP contribution is -1.86. The van der Waals surface area contributed by atoms with E-state index in [1.165, 1.54) is 43.4 Å². The number of aryl methyl sites for hydroxylation is 2. The molecule has 4 rings (SSSR count). The first kappa shape index (κ1) is 9.90. The van der Waals surface area contributed by atoms with Crippen molar-refractivity contribution in [1.82, 2.24) is 0 Å². The fourth-order valence-electron chi connectivity index (χ4n) is 3.12. The molecule has 0 radical (unpaired) electrons. The van der Waals surface area contributed by atoms with E-state index in [1.807, 2.05) is 0 Å². The molecule has 4 aromatic carbocycles. The van der Waals surface area contributed by atoms with Gasteiger partial charge in [-0.2, -0.15) is 0 Å². The third-order valence-corrected chi connectivity index (χ3v) is 3.96. The highest BCUT2D eigenvalue weighted by molar-refractivity contribution is 6.23. The summed E-state index contributed by atoms with van der Waals surface area (Å²) in [5, 5.41) is 8.28. The Morgan fingerprint density at radius 1 is 0.611 bits per heavy atom. The molecule has 0 aliphatic heterocycles. The largest absolute Gasteiger partial charge is 0.0581 e. The maximum Gasteiger partial charge on any atom is -0.00241 e. The summed E-state index contributed by atoms with van der Waals surface area (Å²) in [7, 11) is 0. The highest BCUT2D eigenvalue weighted by Gasteiger charge is 2.09. The molecule has 0 aliphatic rings. The smallest absolute Gasteiger partial charge is 0.00241 e. The van der Waals surface area contributed by atoms with Crippen molar-refractivity contribution in [2.24, 2.45) is 0 Å². The maximum absolute atomic E-state index is 2.28. The van der Waals surface area contributed by atoms with Crippen molar-refractivity contribution in [2.45, 2.75) is 13.8 Å². The molecule has 4 aromatic rings. The fourth-order valence-corrected chi connectivity index (χ4v) is 3.12. The van der Waals surface area contributed by atoms with Gasteiger partial charge in [-0.3, -0.25) is 0 Å². The summed E-state index contributed by atoms with van der Waals surface area (Å²) in [5.41, 5.74) is 2.69. The third-order valence-electron chi connectivity index (χ3n) is 3.96. The second-order valence-corrected chi connectivity index (χ2v) is 5.25. The molecule has 0 saturated heterocycles. The lowest BCUT2D eigenvalue weighted by molar-refractivity contribution is 1.52. The standard InChI is InChI=1S/C18H14/c1-11-9-14-6-5-13-4-3-12(2)16-8-7-15(10-11)17(14)18(13)16/h3-10H,1-2H3. The molecule has 0 amide bonds. The fraction of sp³-hybridized carbons (Fsp3) is 0.111. The van der Waals surface area contributed by atoms with Crippen molar-refractivity contribution in [3.05, 3.63) is 59.7 Å². The van der Waals surface area contributed by atoms with E-state index in [9.17, 15) is 0 Å². The minimum atomic E-state index is 1.33. The van der Waals surface area contributed by atoms with Crippen molar-refractivity contribution >= 4 is 32.3 Å². The number of rotatable bonds is 0. The maximum atomic E-state index is 2.28. The average Bonchev–Trinajstić information content (AvgIpc) is 2.37. The Morgan fingerprint density at radius 3 is 2.00 bits per heavy atom. The Morgan fingerprint density at radius 2 is 1.22 bits per heavy atom. The van der Waals surface area contributed by atoms with Crippen LogP contribution in [0.15, 0.2) is 48.5 Å². The van der Waals surface area contributed by atoms with Crippen molar-refractivity contribution in [3.8, 4) is 0 Å². The molecule has 18 heavy (non-hydrogen) atoms. The van der Waals surface area contributed by atoms with Gasteiger partial charge in [-0.15, -0.1) is 0 Å². The Bertz CT molecular complexity index is 866. The van der Waals surface area contributed by atoms with Crippen LogP contribution in [0.1, 0.15) is 11.1 Å². The summed E-state index contributed by atoms with van der Waals surface area (Å²) >= 11 is 0. The first-order valence-electron chi connectivity index (χ1n) is 6.39. The highest BCUT2D eigenvalue weighted by atomic mass is 14.1. The molecule has 0 aromatic heterocycles. The van der Waals surface area contributed by atoms with Gasteiger partial charge in [0.15, 0.2) is 0 Å². The average molecular weight is 230 g/mol. The van der Waals surface area contributed by atoms with Crippen molar-refractivity contribution in [3.63, 3.8) is 0 Å². The van der Waals surface area contributed by atoms with E-state index >= 15 is 0 Å². The van der Waals surface area contributed by atoms with Gasteiger partial charge >= 0.3 is 0 Å². The van der Waals surface area contributed by atoms with Crippen molar-refractivity contribution < 1.29 is 0 Å². The van der Waals surface area contributed by atoms with Gasteiger partial charge in [-0.1, -0.05) is 48.5 Å². The van der Waals surface area contributed by atoms with E-state index in [1.54, 1.807) is 0 Å². The van der Waals surface area contributed by atoms with Crippen LogP contribution in [0.25, 0.3) is 32.3 Å². The van der Waals surface area contributed by atoms with E-state index in [4.69, 9.17) is 0 Å². The zero-order chi connectivity index (χ0) is 12.3. The van der Waals surface area contributed by atoms with Gasteiger partial charge in [-0.25, -0.2) is 0 Å². The minimum Gasteiger partial charge on any atom is -0.0581 e. The van der Waals surface area contributed by atoms with Gasteiger partial charge in [0, 0.05) is 0 Å². The number of benzene rings is 4. The monoisotopic (exact) mass is 230 g/mol. The van der Waals surface area contributed by atoms with Crippen molar-refractivity contribution in [2.75, 3.05) is 0 Å². The van der Waals surface area contributed by atoms with Crippen LogP contribution in [-0.4, -0.2) is 0 Å². The van der Waals surface area contributed by atoms with Gasteiger partial charge in [0.2, 0.25) is 0 Å². The molecule has 0 heterocycles.